The van der Waals surface area contributed by atoms with Crippen LogP contribution in [-0.4, -0.2) is 50.0 Å². The summed E-state index contributed by atoms with van der Waals surface area (Å²) in [5, 5.41) is 22.2. The first-order valence-electron chi connectivity index (χ1n) is 12.5. The first-order valence-corrected chi connectivity index (χ1v) is 13.3. The average Bonchev–Trinajstić information content (AvgIpc) is 3.59. The van der Waals surface area contributed by atoms with E-state index in [0.717, 1.165) is 4.70 Å². The van der Waals surface area contributed by atoms with Crippen molar-refractivity contribution in [3.05, 3.63) is 83.3 Å². The molecule has 1 atom stereocenters. The van der Waals surface area contributed by atoms with Crippen LogP contribution in [0.15, 0.2) is 66.4 Å². The Bertz CT molecular complexity index is 1860. The fourth-order valence-corrected chi connectivity index (χ4v) is 6.01. The molecule has 1 saturated heterocycles. The van der Waals surface area contributed by atoms with Gasteiger partial charge in [-0.15, -0.1) is 0 Å². The number of ketones is 1. The minimum atomic E-state index is -1.06. The zero-order valence-corrected chi connectivity index (χ0v) is 22.6. The zero-order valence-electron chi connectivity index (χ0n) is 21.8. The molecule has 10 nitrogen and oxygen atoms in total. The molecule has 1 fully saturated rings. The van der Waals surface area contributed by atoms with Crippen LogP contribution in [0.4, 0.5) is 5.13 Å². The van der Waals surface area contributed by atoms with Crippen molar-refractivity contribution < 1.29 is 29.3 Å². The largest absolute Gasteiger partial charge is 0.505 e. The quantitative estimate of drug-likeness (QED) is 0.170. The number of carbonyl (C=O) groups excluding carboxylic acids is 2. The number of aliphatic hydroxyl groups is 1. The predicted octanol–water partition coefficient (Wildman–Crippen LogP) is 4.99. The Morgan fingerprint density at radius 2 is 1.93 bits per heavy atom. The summed E-state index contributed by atoms with van der Waals surface area (Å²) in [7, 11) is 1.40. The maximum absolute atomic E-state index is 13.7. The van der Waals surface area contributed by atoms with Gasteiger partial charge < -0.3 is 19.7 Å². The summed E-state index contributed by atoms with van der Waals surface area (Å²) in [5.41, 5.74) is 2.31. The van der Waals surface area contributed by atoms with Crippen LogP contribution in [0.3, 0.4) is 0 Å². The standard InChI is InChI=1S/C29H24N4O6S/c1-4-39-17-9-10-18-21(14-17)40-29(31-18)33-25(16-8-11-19(34)20(13-16)38-3)23(27(36)28(33)37)26(35)24-15(2)30-22-7-5-6-12-32(22)24/h5-14,25,34-35H,4H2,1-3H3/b26-23+. The van der Waals surface area contributed by atoms with Crippen LogP contribution in [0.25, 0.3) is 21.6 Å². The van der Waals surface area contributed by atoms with Crippen LogP contribution >= 0.6 is 11.3 Å². The molecule has 11 heteroatoms. The number of Topliss-reactive ketones (excluding diaryl/α,β-unsaturated/α-hetero) is 1. The van der Waals surface area contributed by atoms with Gasteiger partial charge in [-0.1, -0.05) is 23.5 Å². The number of ether oxygens (including phenoxy) is 2. The highest BCUT2D eigenvalue weighted by Gasteiger charge is 2.49. The molecule has 1 aliphatic rings. The van der Waals surface area contributed by atoms with Gasteiger partial charge in [-0.25, -0.2) is 9.97 Å². The number of fused-ring (bicyclic) bond motifs is 2. The number of rotatable bonds is 6. The van der Waals surface area contributed by atoms with Crippen LogP contribution in [0.1, 0.15) is 29.9 Å². The lowest BCUT2D eigenvalue weighted by Crippen LogP contribution is -2.29. The van der Waals surface area contributed by atoms with E-state index in [9.17, 15) is 19.8 Å². The van der Waals surface area contributed by atoms with Gasteiger partial charge in [-0.05, 0) is 61.9 Å². The third kappa shape index (κ3) is 3.93. The predicted molar refractivity (Wildman–Crippen MR) is 150 cm³/mol. The molecule has 0 spiro atoms. The van der Waals surface area contributed by atoms with Crippen LogP contribution in [0.5, 0.6) is 17.2 Å². The molecule has 0 saturated carbocycles. The number of carbonyl (C=O) groups is 2. The number of pyridine rings is 1. The molecule has 2 N–H and O–H groups in total. The molecule has 6 rings (SSSR count). The van der Waals surface area contributed by atoms with E-state index in [0.29, 0.717) is 40.5 Å². The van der Waals surface area contributed by atoms with E-state index in [1.165, 1.54) is 35.5 Å². The number of hydrogen-bond acceptors (Lipinski definition) is 9. The average molecular weight is 557 g/mol. The summed E-state index contributed by atoms with van der Waals surface area (Å²) in [4.78, 5) is 37.8. The van der Waals surface area contributed by atoms with Crippen LogP contribution < -0.4 is 14.4 Å². The summed E-state index contributed by atoms with van der Waals surface area (Å²) in [6, 6.07) is 14.3. The molecule has 0 radical (unpaired) electrons. The number of anilines is 1. The number of thiazole rings is 1. The zero-order chi connectivity index (χ0) is 28.1. The molecule has 2 aromatic carbocycles. The molecule has 5 aromatic rings. The number of aromatic hydroxyl groups is 1. The second kappa shape index (κ2) is 9.69. The first-order chi connectivity index (χ1) is 19.3. The number of imidazole rings is 1. The minimum absolute atomic E-state index is 0.107. The molecule has 1 amide bonds. The van der Waals surface area contributed by atoms with Crippen molar-refractivity contribution >= 4 is 49.8 Å². The Morgan fingerprint density at radius 3 is 2.70 bits per heavy atom. The maximum Gasteiger partial charge on any atom is 0.301 e. The fourth-order valence-electron chi connectivity index (χ4n) is 4.99. The van der Waals surface area contributed by atoms with E-state index >= 15 is 0 Å². The molecule has 0 bridgehead atoms. The number of aryl methyl sites for hydroxylation is 1. The Balaban J connectivity index is 1.59. The Labute approximate surface area is 232 Å². The van der Waals surface area contributed by atoms with E-state index in [1.54, 1.807) is 47.9 Å². The molecule has 1 aliphatic heterocycles. The number of phenols is 1. The number of phenolic OH excluding ortho intramolecular Hbond substituents is 1. The number of amides is 1. The maximum atomic E-state index is 13.7. The molecule has 40 heavy (non-hydrogen) atoms. The van der Waals surface area contributed by atoms with Gasteiger partial charge in [-0.2, -0.15) is 0 Å². The van der Waals surface area contributed by atoms with Crippen molar-refractivity contribution in [2.45, 2.75) is 19.9 Å². The topological polar surface area (TPSA) is 126 Å². The number of hydrogen-bond donors (Lipinski definition) is 2. The lowest BCUT2D eigenvalue weighted by atomic mass is 9.96. The normalized spacial score (nSPS) is 16.8. The van der Waals surface area contributed by atoms with E-state index in [1.807, 2.05) is 19.1 Å². The third-order valence-electron chi connectivity index (χ3n) is 6.76. The van der Waals surface area contributed by atoms with E-state index in [2.05, 4.69) is 9.97 Å². The van der Waals surface area contributed by atoms with Crippen molar-refractivity contribution in [1.82, 2.24) is 14.4 Å². The molecular formula is C29H24N4O6S. The van der Waals surface area contributed by atoms with Crippen LogP contribution in [0.2, 0.25) is 0 Å². The fraction of sp³-hybridized carbons (Fsp3) is 0.172. The first kappa shape index (κ1) is 25.4. The number of nitrogens with zero attached hydrogens (tertiary/aromatic N) is 4. The lowest BCUT2D eigenvalue weighted by Gasteiger charge is -2.23. The van der Waals surface area contributed by atoms with Crippen molar-refractivity contribution in [2.24, 2.45) is 0 Å². The number of aromatic nitrogens is 3. The molecule has 0 aliphatic carbocycles. The van der Waals surface area contributed by atoms with Crippen molar-refractivity contribution in [3.8, 4) is 17.2 Å². The molecule has 4 heterocycles. The van der Waals surface area contributed by atoms with Gasteiger partial charge in [0.2, 0.25) is 0 Å². The van der Waals surface area contributed by atoms with Gasteiger partial charge in [0.05, 0.1) is 41.2 Å². The van der Waals surface area contributed by atoms with Crippen LogP contribution in [0, 0.1) is 6.92 Å². The highest BCUT2D eigenvalue weighted by Crippen LogP contribution is 2.46. The van der Waals surface area contributed by atoms with Crippen LogP contribution in [-0.2, 0) is 9.59 Å². The van der Waals surface area contributed by atoms with Gasteiger partial charge in [0, 0.05) is 6.20 Å². The van der Waals surface area contributed by atoms with Crippen molar-refractivity contribution in [1.29, 1.82) is 0 Å². The van der Waals surface area contributed by atoms with Gasteiger partial charge in [0.25, 0.3) is 5.78 Å². The molecule has 202 valence electrons. The highest BCUT2D eigenvalue weighted by molar-refractivity contribution is 7.22. The second-order valence-corrected chi connectivity index (χ2v) is 10.1. The summed E-state index contributed by atoms with van der Waals surface area (Å²) in [5.74, 6) is -1.36. The minimum Gasteiger partial charge on any atom is -0.505 e. The highest BCUT2D eigenvalue weighted by atomic mass is 32.1. The van der Waals surface area contributed by atoms with Gasteiger partial charge in [0.15, 0.2) is 22.4 Å². The van der Waals surface area contributed by atoms with E-state index in [-0.39, 0.29) is 28.0 Å². The van der Waals surface area contributed by atoms with E-state index < -0.39 is 17.7 Å². The van der Waals surface area contributed by atoms with Crippen molar-refractivity contribution in [3.63, 3.8) is 0 Å². The lowest BCUT2D eigenvalue weighted by molar-refractivity contribution is -0.132. The Morgan fingerprint density at radius 1 is 1.10 bits per heavy atom. The Hall–Kier alpha value is -4.90. The molecule has 1 unspecified atom stereocenters. The third-order valence-corrected chi connectivity index (χ3v) is 7.78. The molecular weight excluding hydrogens is 532 g/mol. The second-order valence-electron chi connectivity index (χ2n) is 9.13. The smallest absolute Gasteiger partial charge is 0.301 e. The van der Waals surface area contributed by atoms with Gasteiger partial charge in [0.1, 0.15) is 17.1 Å². The Kier molecular flexibility index (Phi) is 6.15. The van der Waals surface area contributed by atoms with Gasteiger partial charge >= 0.3 is 5.91 Å². The van der Waals surface area contributed by atoms with Gasteiger partial charge in [-0.3, -0.25) is 18.9 Å². The number of methoxy groups -OCH3 is 1. The summed E-state index contributed by atoms with van der Waals surface area (Å²) >= 11 is 1.23. The monoisotopic (exact) mass is 556 g/mol. The SMILES string of the molecule is CCOc1ccc2nc(N3C(=O)C(=O)/C(=C(/O)c4c(C)nc5ccccn45)C3c3ccc(O)c(OC)c3)sc2c1. The van der Waals surface area contributed by atoms with Crippen molar-refractivity contribution in [2.75, 3.05) is 18.6 Å². The summed E-state index contributed by atoms with van der Waals surface area (Å²) < 4.78 is 13.4. The molecule has 3 aromatic heterocycles. The summed E-state index contributed by atoms with van der Waals surface area (Å²) in [6.45, 7) is 4.11. The number of aliphatic hydroxyl groups excluding tert-OH is 1. The van der Waals surface area contributed by atoms with E-state index in [4.69, 9.17) is 9.47 Å². The summed E-state index contributed by atoms with van der Waals surface area (Å²) in [6.07, 6.45) is 1.72. The number of benzene rings is 2.